The first-order valence-electron chi connectivity index (χ1n) is 5.11. The van der Waals surface area contributed by atoms with Crippen LogP contribution in [0, 0.1) is 0 Å². The van der Waals surface area contributed by atoms with E-state index in [0.717, 1.165) is 11.3 Å². The molecule has 0 unspecified atom stereocenters. The predicted octanol–water partition coefficient (Wildman–Crippen LogP) is 2.42. The maximum atomic E-state index is 10.9. The number of aromatic nitrogens is 1. The van der Waals surface area contributed by atoms with Crippen molar-refractivity contribution >= 4 is 0 Å². The second-order valence-corrected chi connectivity index (χ2v) is 3.74. The van der Waals surface area contributed by atoms with Gasteiger partial charge in [0, 0.05) is 5.56 Å². The molecule has 1 aromatic heterocycles. The first kappa shape index (κ1) is 10.5. The van der Waals surface area contributed by atoms with Gasteiger partial charge < -0.3 is 9.15 Å². The van der Waals surface area contributed by atoms with E-state index < -0.39 is 5.76 Å². The molecule has 2 rings (SSSR count). The molecule has 0 atom stereocenters. The largest absolute Gasteiger partial charge is 0.491 e. The van der Waals surface area contributed by atoms with Gasteiger partial charge >= 0.3 is 5.76 Å². The molecule has 0 aliphatic carbocycles. The highest BCUT2D eigenvalue weighted by atomic mass is 16.5. The molecule has 0 aliphatic rings. The summed E-state index contributed by atoms with van der Waals surface area (Å²) in [6, 6.07) is 7.43. The van der Waals surface area contributed by atoms with Crippen LogP contribution in [0.25, 0.3) is 11.3 Å². The fraction of sp³-hybridized carbons (Fsp3) is 0.250. The van der Waals surface area contributed by atoms with E-state index in [1.165, 1.54) is 6.20 Å². The number of H-pyrrole nitrogens is 1. The third kappa shape index (κ3) is 2.34. The van der Waals surface area contributed by atoms with Crippen molar-refractivity contribution in [2.45, 2.75) is 20.0 Å². The van der Waals surface area contributed by atoms with Crippen molar-refractivity contribution in [1.29, 1.82) is 0 Å². The fourth-order valence-electron chi connectivity index (χ4n) is 1.42. The molecule has 2 aromatic rings. The second kappa shape index (κ2) is 4.26. The lowest BCUT2D eigenvalue weighted by Gasteiger charge is -2.09. The summed E-state index contributed by atoms with van der Waals surface area (Å²) >= 11 is 0. The summed E-state index contributed by atoms with van der Waals surface area (Å²) in [6.07, 6.45) is 1.66. The molecule has 1 N–H and O–H groups in total. The molecule has 0 aliphatic heterocycles. The van der Waals surface area contributed by atoms with Gasteiger partial charge in [-0.05, 0) is 26.0 Å². The first-order chi connectivity index (χ1) is 7.65. The maximum Gasteiger partial charge on any atom is 0.416 e. The van der Waals surface area contributed by atoms with Crippen molar-refractivity contribution < 1.29 is 9.15 Å². The molecule has 0 spiro atoms. The molecule has 84 valence electrons. The molecule has 4 heteroatoms. The Hall–Kier alpha value is -1.97. The van der Waals surface area contributed by atoms with Crippen LogP contribution >= 0.6 is 0 Å². The summed E-state index contributed by atoms with van der Waals surface area (Å²) < 4.78 is 10.5. The molecule has 4 nitrogen and oxygen atoms in total. The van der Waals surface area contributed by atoms with Gasteiger partial charge in [0.25, 0.3) is 0 Å². The third-order valence-corrected chi connectivity index (χ3v) is 2.01. The number of hydrogen-bond acceptors (Lipinski definition) is 3. The van der Waals surface area contributed by atoms with Crippen molar-refractivity contribution in [3.8, 4) is 17.1 Å². The van der Waals surface area contributed by atoms with E-state index in [-0.39, 0.29) is 6.10 Å². The molecule has 0 saturated carbocycles. The average Bonchev–Trinajstić information content (AvgIpc) is 2.64. The smallest absolute Gasteiger partial charge is 0.416 e. The van der Waals surface area contributed by atoms with Crippen LogP contribution in [0.15, 0.2) is 39.7 Å². The van der Waals surface area contributed by atoms with Crippen molar-refractivity contribution in [2.75, 3.05) is 0 Å². The van der Waals surface area contributed by atoms with Gasteiger partial charge in [-0.15, -0.1) is 0 Å². The Morgan fingerprint density at radius 2 is 2.19 bits per heavy atom. The first-order valence-corrected chi connectivity index (χ1v) is 5.11. The van der Waals surface area contributed by atoms with Crippen LogP contribution in [0.2, 0.25) is 0 Å². The van der Waals surface area contributed by atoms with E-state index in [0.29, 0.717) is 5.76 Å². The zero-order valence-corrected chi connectivity index (χ0v) is 9.19. The van der Waals surface area contributed by atoms with Gasteiger partial charge in [-0.1, -0.05) is 12.1 Å². The van der Waals surface area contributed by atoms with Crippen molar-refractivity contribution in [1.82, 2.24) is 4.98 Å². The minimum Gasteiger partial charge on any atom is -0.491 e. The Kier molecular flexibility index (Phi) is 2.81. The van der Waals surface area contributed by atoms with E-state index in [1.807, 2.05) is 38.1 Å². The van der Waals surface area contributed by atoms with Gasteiger partial charge in [-0.2, -0.15) is 0 Å². The zero-order chi connectivity index (χ0) is 11.5. The highest BCUT2D eigenvalue weighted by Gasteiger charge is 2.05. The zero-order valence-electron chi connectivity index (χ0n) is 9.19. The molecule has 0 bridgehead atoms. The highest BCUT2D eigenvalue weighted by Crippen LogP contribution is 2.23. The van der Waals surface area contributed by atoms with Gasteiger partial charge in [0.15, 0.2) is 5.76 Å². The molecular weight excluding hydrogens is 206 g/mol. The molecule has 0 amide bonds. The molecule has 0 saturated heterocycles. The third-order valence-electron chi connectivity index (χ3n) is 2.01. The summed E-state index contributed by atoms with van der Waals surface area (Å²) in [5.74, 6) is 0.820. The minimum absolute atomic E-state index is 0.119. The number of hydrogen-bond donors (Lipinski definition) is 1. The number of aromatic amines is 1. The van der Waals surface area contributed by atoms with E-state index in [4.69, 9.17) is 9.15 Å². The van der Waals surface area contributed by atoms with Gasteiger partial charge in [0.05, 0.1) is 12.3 Å². The lowest BCUT2D eigenvalue weighted by Crippen LogP contribution is -2.05. The molecule has 0 radical (unpaired) electrons. The number of rotatable bonds is 3. The molecule has 1 aromatic carbocycles. The summed E-state index contributed by atoms with van der Waals surface area (Å²) in [5, 5.41) is 0. The Morgan fingerprint density at radius 1 is 1.38 bits per heavy atom. The number of ether oxygens (including phenoxy) is 1. The van der Waals surface area contributed by atoms with E-state index in [2.05, 4.69) is 4.98 Å². The lowest BCUT2D eigenvalue weighted by atomic mass is 10.2. The monoisotopic (exact) mass is 219 g/mol. The van der Waals surface area contributed by atoms with Crippen LogP contribution in [0.4, 0.5) is 0 Å². The SMILES string of the molecule is CC(C)Oc1cccc(-c2c[nH]c(=O)o2)c1. The summed E-state index contributed by atoms with van der Waals surface area (Å²) in [7, 11) is 0. The van der Waals surface area contributed by atoms with Gasteiger partial charge in [-0.3, -0.25) is 4.98 Å². The quantitative estimate of drug-likeness (QED) is 0.862. The standard InChI is InChI=1S/C12H13NO3/c1-8(2)15-10-5-3-4-9(6-10)11-7-13-12(14)16-11/h3-8H,1-2H3,(H,13,14). The lowest BCUT2D eigenvalue weighted by molar-refractivity contribution is 0.242. The van der Waals surface area contributed by atoms with Crippen molar-refractivity contribution in [2.24, 2.45) is 0 Å². The maximum absolute atomic E-state index is 10.9. The topological polar surface area (TPSA) is 55.2 Å². The number of benzene rings is 1. The van der Waals surface area contributed by atoms with Crippen LogP contribution < -0.4 is 10.5 Å². The molecular formula is C12H13NO3. The van der Waals surface area contributed by atoms with Crippen LogP contribution in [-0.2, 0) is 0 Å². The second-order valence-electron chi connectivity index (χ2n) is 3.74. The average molecular weight is 219 g/mol. The van der Waals surface area contributed by atoms with E-state index in [9.17, 15) is 4.79 Å². The normalized spacial score (nSPS) is 10.7. The van der Waals surface area contributed by atoms with Crippen molar-refractivity contribution in [3.63, 3.8) is 0 Å². The Bertz CT molecular complexity index is 525. The van der Waals surface area contributed by atoms with Crippen LogP contribution in [0.3, 0.4) is 0 Å². The van der Waals surface area contributed by atoms with E-state index >= 15 is 0 Å². The molecule has 0 fully saturated rings. The van der Waals surface area contributed by atoms with Crippen LogP contribution in [-0.4, -0.2) is 11.1 Å². The Morgan fingerprint density at radius 3 is 2.81 bits per heavy atom. The molecule has 1 heterocycles. The van der Waals surface area contributed by atoms with Crippen LogP contribution in [0.1, 0.15) is 13.8 Å². The van der Waals surface area contributed by atoms with Crippen LogP contribution in [0.5, 0.6) is 5.75 Å². The van der Waals surface area contributed by atoms with Gasteiger partial charge in [-0.25, -0.2) is 4.79 Å². The number of nitrogens with one attached hydrogen (secondary N) is 1. The summed E-state index contributed by atoms with van der Waals surface area (Å²) in [4.78, 5) is 13.3. The number of oxazole rings is 1. The highest BCUT2D eigenvalue weighted by molar-refractivity contribution is 5.58. The summed E-state index contributed by atoms with van der Waals surface area (Å²) in [5.41, 5.74) is 0.816. The van der Waals surface area contributed by atoms with Crippen molar-refractivity contribution in [3.05, 3.63) is 41.0 Å². The van der Waals surface area contributed by atoms with Gasteiger partial charge in [0.2, 0.25) is 0 Å². The Balaban J connectivity index is 2.32. The molecule has 16 heavy (non-hydrogen) atoms. The summed E-state index contributed by atoms with van der Waals surface area (Å²) in [6.45, 7) is 3.92. The predicted molar refractivity (Wildman–Crippen MR) is 60.5 cm³/mol. The van der Waals surface area contributed by atoms with E-state index in [1.54, 1.807) is 0 Å². The van der Waals surface area contributed by atoms with Gasteiger partial charge in [0.1, 0.15) is 5.75 Å². The Labute approximate surface area is 92.9 Å². The fourth-order valence-corrected chi connectivity index (χ4v) is 1.42. The minimum atomic E-state index is -0.454.